The van der Waals surface area contributed by atoms with Gasteiger partial charge in [0, 0.05) is 36.4 Å². The Labute approximate surface area is 191 Å². The molecule has 2 atom stereocenters. The third-order valence-corrected chi connectivity index (χ3v) is 6.75. The van der Waals surface area contributed by atoms with Crippen molar-refractivity contribution in [3.63, 3.8) is 0 Å². The average molecular weight is 428 g/mol. The molecule has 164 valence electrons. The molecule has 0 saturated carbocycles. The quantitative estimate of drug-likeness (QED) is 0.560. The van der Waals surface area contributed by atoms with Crippen LogP contribution in [-0.4, -0.2) is 37.0 Å². The molecular formula is C28H29NO3. The summed E-state index contributed by atoms with van der Waals surface area (Å²) in [5, 5.41) is 0. The standard InChI is InChI=1S/C28H29NO3/c1-4-30-19-23-18-27(3)25(21-12-8-6-9-13-21)24(20-31-5-2)28(27)29(16-17-32-28)26(23)22-14-10-7-11-15-22/h6-15H,4-5,16-18H2,1-3H3. The number of benzene rings is 2. The van der Waals surface area contributed by atoms with Crippen LogP contribution < -0.4 is 0 Å². The predicted octanol–water partition coefficient (Wildman–Crippen LogP) is 5.45. The van der Waals surface area contributed by atoms with Gasteiger partial charge < -0.3 is 19.1 Å². The van der Waals surface area contributed by atoms with Crippen molar-refractivity contribution >= 4 is 11.3 Å². The molecule has 2 aliphatic heterocycles. The zero-order valence-electron chi connectivity index (χ0n) is 19.0. The largest absolute Gasteiger partial charge is 0.364 e. The van der Waals surface area contributed by atoms with Crippen LogP contribution in [0.5, 0.6) is 0 Å². The van der Waals surface area contributed by atoms with Crippen molar-refractivity contribution in [2.45, 2.75) is 32.9 Å². The number of nitrogens with zero attached hydrogens (tertiary/aromatic N) is 1. The first-order chi connectivity index (χ1) is 15.7. The van der Waals surface area contributed by atoms with Crippen molar-refractivity contribution in [2.24, 2.45) is 5.41 Å². The Morgan fingerprint density at radius 1 is 0.906 bits per heavy atom. The van der Waals surface area contributed by atoms with E-state index in [1.165, 1.54) is 11.1 Å². The number of rotatable bonds is 8. The van der Waals surface area contributed by atoms with E-state index in [2.05, 4.69) is 73.6 Å². The Morgan fingerprint density at radius 3 is 2.19 bits per heavy atom. The van der Waals surface area contributed by atoms with Crippen molar-refractivity contribution in [1.29, 1.82) is 0 Å². The highest BCUT2D eigenvalue weighted by atomic mass is 16.5. The monoisotopic (exact) mass is 427 g/mol. The highest BCUT2D eigenvalue weighted by molar-refractivity contribution is 5.89. The molecule has 0 bridgehead atoms. The number of hydrogen-bond acceptors (Lipinski definition) is 4. The lowest BCUT2D eigenvalue weighted by Gasteiger charge is -2.64. The maximum Gasteiger partial charge on any atom is 0.176 e. The van der Waals surface area contributed by atoms with Gasteiger partial charge in [0.25, 0.3) is 0 Å². The van der Waals surface area contributed by atoms with Crippen molar-refractivity contribution in [2.75, 3.05) is 26.4 Å². The topological polar surface area (TPSA) is 30.9 Å². The molecule has 0 aromatic heterocycles. The Morgan fingerprint density at radius 2 is 1.53 bits per heavy atom. The first kappa shape index (κ1) is 21.4. The molecule has 2 aromatic rings. The van der Waals surface area contributed by atoms with Gasteiger partial charge in [0.05, 0.1) is 6.61 Å². The van der Waals surface area contributed by atoms with Gasteiger partial charge in [-0.15, -0.1) is 0 Å². The second-order valence-electron chi connectivity index (χ2n) is 8.53. The third kappa shape index (κ3) is 3.01. The molecule has 1 saturated heterocycles. The molecule has 1 aliphatic carbocycles. The average Bonchev–Trinajstić information content (AvgIpc) is 3.29. The summed E-state index contributed by atoms with van der Waals surface area (Å²) in [5.74, 6) is 0. The minimum atomic E-state index is -0.615. The molecule has 0 N–H and O–H groups in total. The van der Waals surface area contributed by atoms with Crippen LogP contribution in [0.3, 0.4) is 0 Å². The first-order valence-electron chi connectivity index (χ1n) is 11.4. The summed E-state index contributed by atoms with van der Waals surface area (Å²) in [5.41, 5.74) is 5.83. The molecule has 5 rings (SSSR count). The fraction of sp³-hybridized carbons (Fsp3) is 0.357. The lowest BCUT2D eigenvalue weighted by molar-refractivity contribution is -0.125. The third-order valence-electron chi connectivity index (χ3n) is 6.75. The molecule has 1 fully saturated rings. The smallest absolute Gasteiger partial charge is 0.176 e. The van der Waals surface area contributed by atoms with Crippen LogP contribution >= 0.6 is 0 Å². The van der Waals surface area contributed by atoms with Crippen molar-refractivity contribution in [1.82, 2.24) is 4.90 Å². The fourth-order valence-corrected chi connectivity index (χ4v) is 5.59. The van der Waals surface area contributed by atoms with Gasteiger partial charge in [0.15, 0.2) is 18.9 Å². The van der Waals surface area contributed by atoms with Gasteiger partial charge in [-0.2, -0.15) is 0 Å². The maximum absolute atomic E-state index is 6.64. The minimum absolute atomic E-state index is 0.290. The van der Waals surface area contributed by atoms with Gasteiger partial charge >= 0.3 is 0 Å². The maximum atomic E-state index is 6.64. The summed E-state index contributed by atoms with van der Waals surface area (Å²) in [6.45, 7) is 15.4. The van der Waals surface area contributed by atoms with Crippen molar-refractivity contribution in [3.05, 3.63) is 96.2 Å². The number of hydrogen-bond donors (Lipinski definition) is 0. The Hall–Kier alpha value is -2.40. The Kier molecular flexibility index (Phi) is 5.70. The zero-order chi connectivity index (χ0) is 22.2. The van der Waals surface area contributed by atoms with E-state index in [9.17, 15) is 0 Å². The zero-order valence-corrected chi connectivity index (χ0v) is 19.0. The molecule has 2 aromatic carbocycles. The summed E-state index contributed by atoms with van der Waals surface area (Å²) in [6.07, 6.45) is 0.759. The molecule has 32 heavy (non-hydrogen) atoms. The Bertz CT molecular complexity index is 1030. The van der Waals surface area contributed by atoms with Gasteiger partial charge in [-0.05, 0) is 42.5 Å². The lowest BCUT2D eigenvalue weighted by atomic mass is 9.52. The molecule has 0 amide bonds. The molecule has 4 radical (unpaired) electrons. The van der Waals surface area contributed by atoms with Gasteiger partial charge in [0.1, 0.15) is 0 Å². The molecule has 1 spiro atoms. The van der Waals surface area contributed by atoms with Crippen LogP contribution in [0.4, 0.5) is 0 Å². The number of ether oxygens (including phenoxy) is 3. The summed E-state index contributed by atoms with van der Waals surface area (Å²) in [7, 11) is 0. The summed E-state index contributed by atoms with van der Waals surface area (Å²) >= 11 is 0. The molecule has 2 unspecified atom stereocenters. The van der Waals surface area contributed by atoms with Crippen LogP contribution in [-0.2, 0) is 14.2 Å². The van der Waals surface area contributed by atoms with Crippen LogP contribution in [0.25, 0.3) is 11.3 Å². The molecule has 4 nitrogen and oxygen atoms in total. The van der Waals surface area contributed by atoms with E-state index >= 15 is 0 Å². The molecule has 2 heterocycles. The minimum Gasteiger partial charge on any atom is -0.364 e. The summed E-state index contributed by atoms with van der Waals surface area (Å²) in [6, 6.07) is 21.0. The highest BCUT2D eigenvalue weighted by Crippen LogP contribution is 2.70. The van der Waals surface area contributed by atoms with Crippen molar-refractivity contribution in [3.8, 4) is 0 Å². The van der Waals surface area contributed by atoms with E-state index < -0.39 is 5.72 Å². The van der Waals surface area contributed by atoms with Crippen molar-refractivity contribution < 1.29 is 14.2 Å². The lowest BCUT2D eigenvalue weighted by Crippen LogP contribution is -2.66. The highest BCUT2D eigenvalue weighted by Gasteiger charge is 2.70. The normalized spacial score (nSPS) is 26.8. The van der Waals surface area contributed by atoms with Crippen LogP contribution in [0.15, 0.2) is 71.8 Å². The van der Waals surface area contributed by atoms with E-state index in [1.807, 2.05) is 26.0 Å². The van der Waals surface area contributed by atoms with Gasteiger partial charge in [0.2, 0.25) is 0 Å². The van der Waals surface area contributed by atoms with Crippen LogP contribution in [0, 0.1) is 18.6 Å². The fourth-order valence-electron chi connectivity index (χ4n) is 5.59. The van der Waals surface area contributed by atoms with Crippen LogP contribution in [0.1, 0.15) is 38.3 Å². The molecular weight excluding hydrogens is 398 g/mol. The van der Waals surface area contributed by atoms with E-state index in [1.54, 1.807) is 0 Å². The predicted molar refractivity (Wildman–Crippen MR) is 125 cm³/mol. The van der Waals surface area contributed by atoms with E-state index in [0.717, 1.165) is 35.4 Å². The Balaban J connectivity index is 1.69. The first-order valence-corrected chi connectivity index (χ1v) is 11.4. The second kappa shape index (κ2) is 8.51. The molecule has 4 heteroatoms. The van der Waals surface area contributed by atoms with Gasteiger partial charge in [-0.3, -0.25) is 0 Å². The second-order valence-corrected chi connectivity index (χ2v) is 8.53. The van der Waals surface area contributed by atoms with Gasteiger partial charge in [-0.25, -0.2) is 0 Å². The van der Waals surface area contributed by atoms with E-state index in [-0.39, 0.29) is 5.41 Å². The van der Waals surface area contributed by atoms with E-state index in [4.69, 9.17) is 14.2 Å². The SMILES string of the molecule is CCO[C]C1=C(c2ccccc2)N2CCOC23C([C]OCC)=C(c2ccccc2)C3(C)C1. The van der Waals surface area contributed by atoms with E-state index in [0.29, 0.717) is 19.8 Å². The molecule has 3 aliphatic rings. The van der Waals surface area contributed by atoms with Crippen LogP contribution in [0.2, 0.25) is 0 Å². The summed E-state index contributed by atoms with van der Waals surface area (Å²) in [4.78, 5) is 2.39. The summed E-state index contributed by atoms with van der Waals surface area (Å²) < 4.78 is 18.1. The van der Waals surface area contributed by atoms with Gasteiger partial charge in [-0.1, -0.05) is 67.6 Å².